The SMILES string of the molecule is C[C@H]1CCCCCCC[C@@H]2CN3CCCCCC/C=C\CC[C@H]4CC(CN(CC1)C4)[C@H]2CC3. The van der Waals surface area contributed by atoms with Crippen LogP contribution in [-0.2, 0) is 0 Å². The Labute approximate surface area is 206 Å². The van der Waals surface area contributed by atoms with Gasteiger partial charge in [0.05, 0.1) is 0 Å². The normalized spacial score (nSPS) is 41.7. The molecule has 33 heavy (non-hydrogen) atoms. The summed E-state index contributed by atoms with van der Waals surface area (Å²) in [5.74, 6) is 4.80. The summed E-state index contributed by atoms with van der Waals surface area (Å²) >= 11 is 0. The molecule has 0 saturated carbocycles. The van der Waals surface area contributed by atoms with Gasteiger partial charge in [-0.15, -0.1) is 0 Å². The zero-order valence-electron chi connectivity index (χ0n) is 22.2. The molecule has 5 aliphatic heterocycles. The molecule has 5 rings (SSSR count). The molecular weight excluding hydrogens is 400 g/mol. The van der Waals surface area contributed by atoms with Crippen molar-refractivity contribution in [2.24, 2.45) is 29.6 Å². The summed E-state index contributed by atoms with van der Waals surface area (Å²) in [5, 5.41) is 0. The summed E-state index contributed by atoms with van der Waals surface area (Å²) in [5.41, 5.74) is 0. The van der Waals surface area contributed by atoms with Gasteiger partial charge in [0.15, 0.2) is 0 Å². The van der Waals surface area contributed by atoms with Gasteiger partial charge in [-0.2, -0.15) is 0 Å². The lowest BCUT2D eigenvalue weighted by atomic mass is 9.69. The van der Waals surface area contributed by atoms with Crippen LogP contribution >= 0.6 is 0 Å². The van der Waals surface area contributed by atoms with Crippen LogP contribution in [0.4, 0.5) is 0 Å². The largest absolute Gasteiger partial charge is 0.303 e. The molecular formula is C31H56N2. The minimum atomic E-state index is 0.919. The molecule has 0 N–H and O–H groups in total. The Morgan fingerprint density at radius 1 is 0.545 bits per heavy atom. The number of fused-ring (bicyclic) bond motifs is 10. The Morgan fingerprint density at radius 3 is 2.21 bits per heavy atom. The standard InChI is InChI=1S/C31H56N2/c1-27-15-11-7-6-9-13-17-29-25-32-20-14-10-5-3-2-4-8-12-16-28-23-30(31(29)19-22-32)26-33(24-28)21-18-27/h4,8,27-31H,2-3,5-7,9-26H2,1H3/b8-4-/t27-,28-,29+,30?,31-/m0/s1. The molecule has 6 bridgehead atoms. The van der Waals surface area contributed by atoms with Crippen LogP contribution in [-0.4, -0.2) is 49.1 Å². The van der Waals surface area contributed by atoms with E-state index in [4.69, 9.17) is 0 Å². The number of rotatable bonds is 0. The third kappa shape index (κ3) is 8.68. The van der Waals surface area contributed by atoms with E-state index in [9.17, 15) is 0 Å². The third-order valence-corrected chi connectivity index (χ3v) is 9.84. The lowest BCUT2D eigenvalue weighted by Gasteiger charge is -2.47. The van der Waals surface area contributed by atoms with Gasteiger partial charge in [0.25, 0.3) is 0 Å². The van der Waals surface area contributed by atoms with Gasteiger partial charge in [-0.3, -0.25) is 0 Å². The molecule has 5 aliphatic rings. The van der Waals surface area contributed by atoms with Crippen molar-refractivity contribution in [3.8, 4) is 0 Å². The summed E-state index contributed by atoms with van der Waals surface area (Å²) < 4.78 is 0. The molecule has 7 atom stereocenters. The molecule has 0 radical (unpaired) electrons. The average molecular weight is 457 g/mol. The maximum Gasteiger partial charge on any atom is 0.00127 e. The summed E-state index contributed by atoms with van der Waals surface area (Å²) in [6, 6.07) is 0. The predicted molar refractivity (Wildman–Crippen MR) is 144 cm³/mol. The van der Waals surface area contributed by atoms with Gasteiger partial charge in [0.1, 0.15) is 0 Å². The highest BCUT2D eigenvalue weighted by molar-refractivity contribution is 4.92. The monoisotopic (exact) mass is 456 g/mol. The fourth-order valence-electron chi connectivity index (χ4n) is 7.80. The van der Waals surface area contributed by atoms with Crippen molar-refractivity contribution in [3.63, 3.8) is 0 Å². The van der Waals surface area contributed by atoms with Crippen molar-refractivity contribution in [2.75, 3.05) is 39.3 Å². The van der Waals surface area contributed by atoms with Crippen LogP contribution in [0.2, 0.25) is 0 Å². The van der Waals surface area contributed by atoms with Crippen molar-refractivity contribution in [3.05, 3.63) is 12.2 Å². The minimum Gasteiger partial charge on any atom is -0.303 e. The van der Waals surface area contributed by atoms with Gasteiger partial charge >= 0.3 is 0 Å². The second kappa shape index (κ2) is 14.3. The predicted octanol–water partition coefficient (Wildman–Crippen LogP) is 7.93. The van der Waals surface area contributed by atoms with Crippen LogP contribution in [0.15, 0.2) is 12.2 Å². The lowest BCUT2D eigenvalue weighted by Crippen LogP contribution is -2.49. The Hall–Kier alpha value is -0.340. The smallest absolute Gasteiger partial charge is 0.00127 e. The van der Waals surface area contributed by atoms with Crippen molar-refractivity contribution in [2.45, 2.75) is 116 Å². The molecule has 0 spiro atoms. The lowest BCUT2D eigenvalue weighted by molar-refractivity contribution is 0.0182. The Kier molecular flexibility index (Phi) is 11.1. The molecule has 5 heterocycles. The first-order valence-corrected chi connectivity index (χ1v) is 15.4. The molecule has 0 aromatic rings. The Balaban J connectivity index is 1.49. The highest BCUT2D eigenvalue weighted by Crippen LogP contribution is 2.40. The van der Waals surface area contributed by atoms with Gasteiger partial charge in [0, 0.05) is 19.6 Å². The van der Waals surface area contributed by atoms with E-state index in [0.717, 1.165) is 29.6 Å². The minimum absolute atomic E-state index is 0.919. The first-order chi connectivity index (χ1) is 16.3. The fourth-order valence-corrected chi connectivity index (χ4v) is 7.80. The van der Waals surface area contributed by atoms with Gasteiger partial charge in [-0.25, -0.2) is 0 Å². The zero-order chi connectivity index (χ0) is 22.7. The summed E-state index contributed by atoms with van der Waals surface area (Å²) in [6.45, 7) is 10.9. The van der Waals surface area contributed by atoms with Gasteiger partial charge in [0.2, 0.25) is 0 Å². The van der Waals surface area contributed by atoms with Crippen LogP contribution < -0.4 is 0 Å². The van der Waals surface area contributed by atoms with E-state index in [2.05, 4.69) is 28.9 Å². The van der Waals surface area contributed by atoms with Crippen molar-refractivity contribution in [1.29, 1.82) is 0 Å². The Morgan fingerprint density at radius 2 is 1.27 bits per heavy atom. The van der Waals surface area contributed by atoms with Crippen LogP contribution in [0.25, 0.3) is 0 Å². The van der Waals surface area contributed by atoms with E-state index in [1.807, 2.05) is 0 Å². The number of allylic oxidation sites excluding steroid dienone is 2. The quantitative estimate of drug-likeness (QED) is 0.341. The van der Waals surface area contributed by atoms with Crippen molar-refractivity contribution in [1.82, 2.24) is 9.80 Å². The van der Waals surface area contributed by atoms with E-state index in [1.165, 1.54) is 148 Å². The molecule has 0 aromatic carbocycles. The summed E-state index contributed by atoms with van der Waals surface area (Å²) in [6.07, 6.45) is 29.7. The number of hydrogen-bond acceptors (Lipinski definition) is 2. The van der Waals surface area contributed by atoms with Gasteiger partial charge in [-0.1, -0.05) is 70.4 Å². The summed E-state index contributed by atoms with van der Waals surface area (Å²) in [7, 11) is 0. The molecule has 190 valence electrons. The van der Waals surface area contributed by atoms with Gasteiger partial charge < -0.3 is 9.80 Å². The van der Waals surface area contributed by atoms with Crippen molar-refractivity contribution < 1.29 is 0 Å². The fraction of sp³-hybridized carbons (Fsp3) is 0.935. The van der Waals surface area contributed by atoms with Gasteiger partial charge in [-0.05, 0) is 107 Å². The maximum absolute atomic E-state index is 2.94. The van der Waals surface area contributed by atoms with Crippen LogP contribution in [0, 0.1) is 29.6 Å². The third-order valence-electron chi connectivity index (χ3n) is 9.84. The van der Waals surface area contributed by atoms with E-state index in [0.29, 0.717) is 0 Å². The number of hydrogen-bond donors (Lipinski definition) is 0. The number of piperidine rings is 2. The first kappa shape index (κ1) is 25.7. The topological polar surface area (TPSA) is 6.48 Å². The maximum atomic E-state index is 2.94. The molecule has 0 aromatic heterocycles. The van der Waals surface area contributed by atoms with E-state index in [-0.39, 0.29) is 0 Å². The molecule has 3 saturated heterocycles. The molecule has 3 fully saturated rings. The van der Waals surface area contributed by atoms with E-state index >= 15 is 0 Å². The van der Waals surface area contributed by atoms with Crippen LogP contribution in [0.3, 0.4) is 0 Å². The second-order valence-electron chi connectivity index (χ2n) is 12.6. The highest BCUT2D eigenvalue weighted by atomic mass is 15.1. The highest BCUT2D eigenvalue weighted by Gasteiger charge is 2.38. The molecule has 2 nitrogen and oxygen atoms in total. The molecule has 0 amide bonds. The zero-order valence-corrected chi connectivity index (χ0v) is 22.2. The van der Waals surface area contributed by atoms with E-state index < -0.39 is 0 Å². The second-order valence-corrected chi connectivity index (χ2v) is 12.6. The molecule has 2 heteroatoms. The summed E-state index contributed by atoms with van der Waals surface area (Å²) in [4.78, 5) is 5.82. The number of nitrogens with zero attached hydrogens (tertiary/aromatic N) is 2. The van der Waals surface area contributed by atoms with E-state index in [1.54, 1.807) is 0 Å². The van der Waals surface area contributed by atoms with Crippen LogP contribution in [0.1, 0.15) is 116 Å². The average Bonchev–Trinajstić information content (AvgIpc) is 2.82. The first-order valence-electron chi connectivity index (χ1n) is 15.4. The van der Waals surface area contributed by atoms with Crippen LogP contribution in [0.5, 0.6) is 0 Å². The molecule has 3 unspecified atom stereocenters. The molecule has 0 aliphatic carbocycles. The van der Waals surface area contributed by atoms with Crippen molar-refractivity contribution >= 4 is 0 Å². The Bertz CT molecular complexity index is 557.